The molecule has 4 rings (SSSR count). The molecule has 21 heavy (non-hydrogen) atoms. The Morgan fingerprint density at radius 3 is 3.00 bits per heavy atom. The zero-order valence-corrected chi connectivity index (χ0v) is 12.6. The lowest BCUT2D eigenvalue weighted by Gasteiger charge is -2.09. The second-order valence-electron chi connectivity index (χ2n) is 5.61. The molecule has 3 aromatic heterocycles. The number of rotatable bonds is 3. The molecule has 110 valence electrons. The van der Waals surface area contributed by atoms with Crippen molar-refractivity contribution in [1.29, 1.82) is 0 Å². The van der Waals surface area contributed by atoms with Crippen molar-refractivity contribution in [2.45, 2.75) is 44.8 Å². The number of hydrogen-bond donors (Lipinski definition) is 1. The van der Waals surface area contributed by atoms with E-state index in [4.69, 9.17) is 0 Å². The molecule has 1 atom stereocenters. The fourth-order valence-corrected chi connectivity index (χ4v) is 4.13. The van der Waals surface area contributed by atoms with Gasteiger partial charge in [-0.25, -0.2) is 9.67 Å². The van der Waals surface area contributed by atoms with Crippen molar-refractivity contribution in [2.75, 3.05) is 0 Å². The highest BCUT2D eigenvalue weighted by molar-refractivity contribution is 7.17. The van der Waals surface area contributed by atoms with E-state index in [1.54, 1.807) is 17.7 Å². The van der Waals surface area contributed by atoms with E-state index in [0.717, 1.165) is 28.2 Å². The van der Waals surface area contributed by atoms with E-state index in [1.807, 2.05) is 28.4 Å². The highest BCUT2D eigenvalue weighted by Crippen LogP contribution is 2.32. The molecule has 7 heteroatoms. The number of hydrogen-bond acceptors (Lipinski definition) is 5. The summed E-state index contributed by atoms with van der Waals surface area (Å²) >= 11 is 1.63. The van der Waals surface area contributed by atoms with Gasteiger partial charge in [-0.1, -0.05) is 18.1 Å². The highest BCUT2D eigenvalue weighted by atomic mass is 32.1. The van der Waals surface area contributed by atoms with Crippen LogP contribution < -0.4 is 0 Å². The Morgan fingerprint density at radius 2 is 2.19 bits per heavy atom. The number of imidazole rings is 1. The Hall–Kier alpha value is -1.73. The van der Waals surface area contributed by atoms with Gasteiger partial charge in [-0.2, -0.15) is 0 Å². The fraction of sp³-hybridized carbons (Fsp3) is 0.500. The molecule has 0 spiro atoms. The summed E-state index contributed by atoms with van der Waals surface area (Å²) in [5.74, 6) is 0. The number of aliphatic hydroxyl groups is 1. The molecule has 1 aliphatic rings. The molecule has 3 heterocycles. The molecule has 1 aliphatic carbocycles. The summed E-state index contributed by atoms with van der Waals surface area (Å²) in [4.78, 5) is 6.24. The first-order chi connectivity index (χ1) is 10.2. The molecule has 0 saturated heterocycles. The van der Waals surface area contributed by atoms with Crippen LogP contribution in [0.5, 0.6) is 0 Å². The van der Waals surface area contributed by atoms with Crippen molar-refractivity contribution in [3.63, 3.8) is 0 Å². The van der Waals surface area contributed by atoms with Gasteiger partial charge in [0.2, 0.25) is 0 Å². The van der Waals surface area contributed by atoms with Crippen molar-refractivity contribution in [3.05, 3.63) is 35.0 Å². The minimum absolute atomic E-state index is 0.440. The summed E-state index contributed by atoms with van der Waals surface area (Å²) in [7, 11) is 0. The molecule has 1 N–H and O–H groups in total. The van der Waals surface area contributed by atoms with Crippen molar-refractivity contribution >= 4 is 16.2 Å². The van der Waals surface area contributed by atoms with E-state index >= 15 is 0 Å². The van der Waals surface area contributed by atoms with Crippen LogP contribution in [-0.4, -0.2) is 29.5 Å². The molecular weight excluding hydrogens is 286 g/mol. The van der Waals surface area contributed by atoms with Crippen LogP contribution >= 0.6 is 11.3 Å². The van der Waals surface area contributed by atoms with Crippen LogP contribution in [0.2, 0.25) is 0 Å². The molecule has 3 aromatic rings. The standard InChI is InChI=1S/C14H17N5OS/c1-9-13(18-8-15-6-12(18)21-9)14(20)11-7-19(17-16-11)10-4-2-3-5-10/h6-8,10,14,20H,2-5H2,1H3. The van der Waals surface area contributed by atoms with Gasteiger partial charge in [-0.05, 0) is 19.8 Å². The topological polar surface area (TPSA) is 68.2 Å². The van der Waals surface area contributed by atoms with Gasteiger partial charge in [0.05, 0.1) is 24.1 Å². The third-order valence-corrected chi connectivity index (χ3v) is 5.28. The quantitative estimate of drug-likeness (QED) is 0.807. The number of fused-ring (bicyclic) bond motifs is 1. The molecule has 0 bridgehead atoms. The van der Waals surface area contributed by atoms with Crippen LogP contribution in [0.15, 0.2) is 18.7 Å². The van der Waals surface area contributed by atoms with Crippen LogP contribution in [-0.2, 0) is 0 Å². The van der Waals surface area contributed by atoms with Gasteiger partial charge < -0.3 is 5.11 Å². The predicted molar refractivity (Wildman–Crippen MR) is 79.4 cm³/mol. The largest absolute Gasteiger partial charge is 0.380 e. The zero-order chi connectivity index (χ0) is 14.4. The van der Waals surface area contributed by atoms with Gasteiger partial charge in [0, 0.05) is 4.88 Å². The van der Waals surface area contributed by atoms with Crippen LogP contribution in [0.4, 0.5) is 0 Å². The number of aromatic nitrogens is 5. The molecule has 1 fully saturated rings. The Labute approximate surface area is 126 Å². The maximum Gasteiger partial charge on any atom is 0.141 e. The van der Waals surface area contributed by atoms with Gasteiger partial charge in [-0.3, -0.25) is 4.40 Å². The molecule has 6 nitrogen and oxygen atoms in total. The number of aryl methyl sites for hydroxylation is 1. The van der Waals surface area contributed by atoms with Crippen molar-refractivity contribution < 1.29 is 5.11 Å². The van der Waals surface area contributed by atoms with E-state index in [9.17, 15) is 5.11 Å². The molecular formula is C14H17N5OS. The molecule has 0 radical (unpaired) electrons. The Morgan fingerprint density at radius 1 is 1.38 bits per heavy atom. The molecule has 0 aliphatic heterocycles. The number of thiazole rings is 1. The lowest BCUT2D eigenvalue weighted by atomic mass is 10.2. The van der Waals surface area contributed by atoms with Crippen LogP contribution in [0.3, 0.4) is 0 Å². The summed E-state index contributed by atoms with van der Waals surface area (Å²) in [6.07, 6.45) is 9.49. The fourth-order valence-electron chi connectivity index (χ4n) is 3.15. The average molecular weight is 303 g/mol. The van der Waals surface area contributed by atoms with Gasteiger partial charge in [0.25, 0.3) is 0 Å². The van der Waals surface area contributed by atoms with Crippen molar-refractivity contribution in [3.8, 4) is 0 Å². The van der Waals surface area contributed by atoms with Gasteiger partial charge >= 0.3 is 0 Å². The van der Waals surface area contributed by atoms with E-state index in [1.165, 1.54) is 12.8 Å². The second kappa shape index (κ2) is 4.92. The van der Waals surface area contributed by atoms with Gasteiger partial charge in [-0.15, -0.1) is 16.4 Å². The van der Waals surface area contributed by atoms with Gasteiger partial charge in [0.15, 0.2) is 0 Å². The summed E-state index contributed by atoms with van der Waals surface area (Å²) < 4.78 is 3.84. The second-order valence-corrected chi connectivity index (χ2v) is 6.84. The number of aliphatic hydroxyl groups excluding tert-OH is 1. The predicted octanol–water partition coefficient (Wildman–Crippen LogP) is 2.49. The Balaban J connectivity index is 1.69. The van der Waals surface area contributed by atoms with Crippen LogP contribution in [0, 0.1) is 6.92 Å². The van der Waals surface area contributed by atoms with E-state index < -0.39 is 6.10 Å². The summed E-state index contributed by atoms with van der Waals surface area (Å²) in [6.45, 7) is 2.01. The maximum absolute atomic E-state index is 10.7. The zero-order valence-electron chi connectivity index (χ0n) is 11.8. The van der Waals surface area contributed by atoms with Crippen molar-refractivity contribution in [2.24, 2.45) is 0 Å². The van der Waals surface area contributed by atoms with E-state index in [-0.39, 0.29) is 0 Å². The monoisotopic (exact) mass is 303 g/mol. The molecule has 1 unspecified atom stereocenters. The average Bonchev–Trinajstić information content (AvgIpc) is 3.22. The van der Waals surface area contributed by atoms with Gasteiger partial charge in [0.1, 0.15) is 23.0 Å². The first-order valence-electron chi connectivity index (χ1n) is 7.25. The summed E-state index contributed by atoms with van der Waals surface area (Å²) in [5, 5.41) is 19.1. The first kappa shape index (κ1) is 13.0. The molecule has 1 saturated carbocycles. The molecule has 0 aromatic carbocycles. The Bertz CT molecular complexity index is 767. The SMILES string of the molecule is Cc1sc2cncn2c1C(O)c1cn(C2CCCC2)nn1. The third-order valence-electron chi connectivity index (χ3n) is 4.25. The molecule has 0 amide bonds. The van der Waals surface area contributed by atoms with Crippen LogP contribution in [0.1, 0.15) is 54.1 Å². The smallest absolute Gasteiger partial charge is 0.141 e. The summed E-state index contributed by atoms with van der Waals surface area (Å²) in [6, 6.07) is 0.440. The normalized spacial score (nSPS) is 17.8. The third kappa shape index (κ3) is 2.08. The van der Waals surface area contributed by atoms with Crippen molar-refractivity contribution in [1.82, 2.24) is 24.4 Å². The first-order valence-corrected chi connectivity index (χ1v) is 8.07. The highest BCUT2D eigenvalue weighted by Gasteiger charge is 2.24. The lowest BCUT2D eigenvalue weighted by Crippen LogP contribution is -2.06. The lowest BCUT2D eigenvalue weighted by molar-refractivity contribution is 0.208. The number of nitrogens with zero attached hydrogens (tertiary/aromatic N) is 5. The van der Waals surface area contributed by atoms with E-state index in [2.05, 4.69) is 15.3 Å². The minimum Gasteiger partial charge on any atom is -0.380 e. The maximum atomic E-state index is 10.7. The minimum atomic E-state index is -0.761. The van der Waals surface area contributed by atoms with Crippen LogP contribution in [0.25, 0.3) is 4.83 Å². The summed E-state index contributed by atoms with van der Waals surface area (Å²) in [5.41, 5.74) is 1.45. The Kier molecular flexibility index (Phi) is 3.04. The van der Waals surface area contributed by atoms with E-state index in [0.29, 0.717) is 11.7 Å².